The van der Waals surface area contributed by atoms with E-state index >= 15 is 0 Å². The molecule has 3 rings (SSSR count). The van der Waals surface area contributed by atoms with Crippen LogP contribution in [-0.2, 0) is 0 Å². The number of ether oxygens (including phenoxy) is 1. The highest BCUT2D eigenvalue weighted by Crippen LogP contribution is 2.45. The zero-order valence-electron chi connectivity index (χ0n) is 13.7. The zero-order chi connectivity index (χ0) is 18.0. The highest BCUT2D eigenvalue weighted by molar-refractivity contribution is 5.75. The number of hydrogen-bond donors (Lipinski definition) is 2. The Kier molecular flexibility index (Phi) is 4.16. The summed E-state index contributed by atoms with van der Waals surface area (Å²) >= 11 is 0. The molecule has 0 aliphatic carbocycles. The number of benzene rings is 2. The van der Waals surface area contributed by atoms with Crippen molar-refractivity contribution >= 4 is 11.8 Å². The maximum atomic E-state index is 9.61. The third kappa shape index (κ3) is 2.58. The second-order valence-corrected chi connectivity index (χ2v) is 5.56. The Balaban J connectivity index is 2.30. The van der Waals surface area contributed by atoms with E-state index in [9.17, 15) is 10.5 Å². The van der Waals surface area contributed by atoms with Crippen molar-refractivity contribution in [1.29, 1.82) is 10.5 Å². The topological polar surface area (TPSA) is 94.9 Å². The lowest BCUT2D eigenvalue weighted by atomic mass is 9.82. The quantitative estimate of drug-likeness (QED) is 0.899. The van der Waals surface area contributed by atoms with Crippen LogP contribution in [0.15, 0.2) is 54.4 Å². The maximum absolute atomic E-state index is 9.61. The van der Waals surface area contributed by atoms with Gasteiger partial charge in [-0.15, -0.1) is 0 Å². The summed E-state index contributed by atoms with van der Waals surface area (Å²) in [6.45, 7) is 3.85. The normalized spacial score (nSPS) is 15.4. The Labute approximate surface area is 146 Å². The van der Waals surface area contributed by atoms with Crippen LogP contribution in [0.4, 0.5) is 5.69 Å². The van der Waals surface area contributed by atoms with Gasteiger partial charge in [0.2, 0.25) is 5.88 Å². The molecule has 0 fully saturated rings. The number of fused-ring (bicyclic) bond motifs is 1. The van der Waals surface area contributed by atoms with Crippen LogP contribution in [-0.4, -0.2) is 7.05 Å². The van der Waals surface area contributed by atoms with Gasteiger partial charge in [-0.1, -0.05) is 30.9 Å². The first-order valence-corrected chi connectivity index (χ1v) is 7.69. The van der Waals surface area contributed by atoms with Gasteiger partial charge in [-0.05, 0) is 23.8 Å². The largest absolute Gasteiger partial charge is 0.439 e. The van der Waals surface area contributed by atoms with Crippen LogP contribution in [0.2, 0.25) is 0 Å². The number of rotatable bonds is 3. The molecule has 25 heavy (non-hydrogen) atoms. The number of nitrogens with one attached hydrogen (secondary N) is 1. The van der Waals surface area contributed by atoms with Crippen LogP contribution >= 0.6 is 0 Å². The van der Waals surface area contributed by atoms with Crippen LogP contribution in [0.3, 0.4) is 0 Å². The van der Waals surface area contributed by atoms with Gasteiger partial charge >= 0.3 is 0 Å². The van der Waals surface area contributed by atoms with Gasteiger partial charge in [0.05, 0.1) is 17.6 Å². The van der Waals surface area contributed by atoms with Gasteiger partial charge in [-0.3, -0.25) is 0 Å². The van der Waals surface area contributed by atoms with Crippen molar-refractivity contribution in [2.24, 2.45) is 5.73 Å². The lowest BCUT2D eigenvalue weighted by Crippen LogP contribution is -2.22. The number of nitrogens with two attached hydrogens (primary N) is 1. The highest BCUT2D eigenvalue weighted by Gasteiger charge is 2.32. The van der Waals surface area contributed by atoms with Crippen molar-refractivity contribution in [2.75, 3.05) is 12.4 Å². The van der Waals surface area contributed by atoms with E-state index in [0.717, 1.165) is 22.4 Å². The van der Waals surface area contributed by atoms with E-state index in [-0.39, 0.29) is 5.88 Å². The molecule has 1 atom stereocenters. The third-order valence-electron chi connectivity index (χ3n) is 4.25. The summed E-state index contributed by atoms with van der Waals surface area (Å²) in [5.41, 5.74) is 10.1. The fourth-order valence-electron chi connectivity index (χ4n) is 3.09. The van der Waals surface area contributed by atoms with E-state index in [2.05, 4.69) is 24.0 Å². The predicted molar refractivity (Wildman–Crippen MR) is 96.5 cm³/mol. The van der Waals surface area contributed by atoms with Crippen molar-refractivity contribution in [3.8, 4) is 17.9 Å². The summed E-state index contributed by atoms with van der Waals surface area (Å²) in [5.74, 6) is 0.246. The Morgan fingerprint density at radius 1 is 1.24 bits per heavy atom. The number of hydrogen-bond acceptors (Lipinski definition) is 5. The van der Waals surface area contributed by atoms with Crippen LogP contribution in [0, 0.1) is 22.7 Å². The molecule has 0 saturated heterocycles. The smallest absolute Gasteiger partial charge is 0.205 e. The number of anilines is 1. The van der Waals surface area contributed by atoms with Crippen molar-refractivity contribution in [2.45, 2.75) is 5.92 Å². The molecule has 2 aromatic carbocycles. The van der Waals surface area contributed by atoms with Crippen molar-refractivity contribution in [3.63, 3.8) is 0 Å². The lowest BCUT2D eigenvalue weighted by Gasteiger charge is -2.28. The molecule has 2 aromatic rings. The molecule has 1 unspecified atom stereocenters. The zero-order valence-corrected chi connectivity index (χ0v) is 13.7. The summed E-state index contributed by atoms with van der Waals surface area (Å²) < 4.78 is 5.77. The molecule has 3 N–H and O–H groups in total. The van der Waals surface area contributed by atoms with Crippen LogP contribution in [0.25, 0.3) is 6.08 Å². The standard InChI is InChI=1S/C20H16N4O/c1-3-14-17(24-2)8-7-15-18(13-6-4-5-12(9-13)10-21)16(11-22)20(23)25-19(14)15/h3-9,18,24H,1,23H2,2H3. The van der Waals surface area contributed by atoms with E-state index < -0.39 is 5.92 Å². The predicted octanol–water partition coefficient (Wildman–Crippen LogP) is 3.46. The fourth-order valence-corrected chi connectivity index (χ4v) is 3.09. The first-order chi connectivity index (χ1) is 12.1. The van der Waals surface area contributed by atoms with Crippen molar-refractivity contribution < 1.29 is 4.74 Å². The highest BCUT2D eigenvalue weighted by atomic mass is 16.5. The first-order valence-electron chi connectivity index (χ1n) is 7.69. The average molecular weight is 328 g/mol. The summed E-state index contributed by atoms with van der Waals surface area (Å²) in [6, 6.07) is 15.3. The van der Waals surface area contributed by atoms with Gasteiger partial charge < -0.3 is 15.8 Å². The van der Waals surface area contributed by atoms with Crippen molar-refractivity contribution in [3.05, 3.63) is 76.7 Å². The molecule has 0 radical (unpaired) electrons. The van der Waals surface area contributed by atoms with E-state index in [4.69, 9.17) is 10.5 Å². The molecular formula is C20H16N4O. The molecule has 0 bridgehead atoms. The van der Waals surface area contributed by atoms with Crippen molar-refractivity contribution in [1.82, 2.24) is 0 Å². The van der Waals surface area contributed by atoms with E-state index in [1.54, 1.807) is 24.3 Å². The molecular weight excluding hydrogens is 312 g/mol. The van der Waals surface area contributed by atoms with Gasteiger partial charge in [0.1, 0.15) is 17.4 Å². The minimum absolute atomic E-state index is 0.0683. The number of nitrogens with zero attached hydrogens (tertiary/aromatic N) is 2. The van der Waals surface area contributed by atoms with Crippen LogP contribution in [0.1, 0.15) is 28.2 Å². The van der Waals surface area contributed by atoms with E-state index in [1.807, 2.05) is 25.2 Å². The Hall–Kier alpha value is -3.70. The molecule has 5 nitrogen and oxygen atoms in total. The Morgan fingerprint density at radius 3 is 2.68 bits per heavy atom. The molecule has 0 aromatic heterocycles. The molecule has 0 saturated carbocycles. The van der Waals surface area contributed by atoms with Gasteiger partial charge in [0, 0.05) is 23.9 Å². The minimum Gasteiger partial charge on any atom is -0.439 e. The summed E-state index contributed by atoms with van der Waals surface area (Å²) in [6.07, 6.45) is 1.69. The van der Waals surface area contributed by atoms with Gasteiger partial charge in [-0.25, -0.2) is 0 Å². The molecule has 122 valence electrons. The van der Waals surface area contributed by atoms with E-state index in [0.29, 0.717) is 16.9 Å². The SMILES string of the molecule is C=Cc1c(NC)ccc2c1OC(N)=C(C#N)C2c1cccc(C#N)c1. The molecule has 0 spiro atoms. The van der Waals surface area contributed by atoms with Gasteiger partial charge in [-0.2, -0.15) is 10.5 Å². The first kappa shape index (κ1) is 16.2. The van der Waals surface area contributed by atoms with Crippen LogP contribution in [0.5, 0.6) is 5.75 Å². The Bertz CT molecular complexity index is 976. The third-order valence-corrected chi connectivity index (χ3v) is 4.25. The summed E-state index contributed by atoms with van der Waals surface area (Å²) in [4.78, 5) is 0. The lowest BCUT2D eigenvalue weighted by molar-refractivity contribution is 0.393. The monoisotopic (exact) mass is 328 g/mol. The molecule has 1 aliphatic rings. The molecule has 5 heteroatoms. The van der Waals surface area contributed by atoms with Gasteiger partial charge in [0.25, 0.3) is 0 Å². The number of nitriles is 2. The Morgan fingerprint density at radius 2 is 2.04 bits per heavy atom. The fraction of sp³-hybridized carbons (Fsp3) is 0.100. The minimum atomic E-state index is -0.397. The molecule has 1 aliphatic heterocycles. The van der Waals surface area contributed by atoms with E-state index in [1.165, 1.54) is 0 Å². The summed E-state index contributed by atoms with van der Waals surface area (Å²) in [5, 5.41) is 21.9. The number of allylic oxidation sites excluding steroid dienone is 1. The summed E-state index contributed by atoms with van der Waals surface area (Å²) in [7, 11) is 1.81. The molecule has 0 amide bonds. The van der Waals surface area contributed by atoms with Gasteiger partial charge in [0.15, 0.2) is 0 Å². The molecule has 1 heterocycles. The maximum Gasteiger partial charge on any atom is 0.205 e. The van der Waals surface area contributed by atoms with Crippen LogP contribution < -0.4 is 15.8 Å². The average Bonchev–Trinajstić information content (AvgIpc) is 2.65. The second-order valence-electron chi connectivity index (χ2n) is 5.56. The second kappa shape index (κ2) is 6.43.